The average molecular weight is 517 g/mol. The van der Waals surface area contributed by atoms with Gasteiger partial charge in [-0.25, -0.2) is 0 Å². The average Bonchev–Trinajstić information content (AvgIpc) is 2.86. The van der Waals surface area contributed by atoms with E-state index in [0.29, 0.717) is 18.1 Å². The lowest BCUT2D eigenvalue weighted by Crippen LogP contribution is -2.06. The molecule has 0 aliphatic carbocycles. The van der Waals surface area contributed by atoms with Crippen LogP contribution in [0.1, 0.15) is 30.0 Å². The molecule has 3 aromatic carbocycles. The molecule has 3 rings (SSSR count). The van der Waals surface area contributed by atoms with Crippen LogP contribution in [0.15, 0.2) is 83.3 Å². The van der Waals surface area contributed by atoms with Crippen LogP contribution in [-0.4, -0.2) is 25.1 Å². The van der Waals surface area contributed by atoms with Gasteiger partial charge in [0.25, 0.3) is 0 Å². The lowest BCUT2D eigenvalue weighted by Gasteiger charge is -2.13. The minimum absolute atomic E-state index is 0.250. The van der Waals surface area contributed by atoms with E-state index in [0.717, 1.165) is 45.9 Å². The SMILES string of the molecule is CCCOc1ccc(SCC(=Cc2ccccc2)COc2ccc(C(F)(F)F)cc2)cc1C.O=C=O. The van der Waals surface area contributed by atoms with Crippen molar-refractivity contribution >= 4 is 24.0 Å². The predicted molar refractivity (Wildman–Crippen MR) is 134 cm³/mol. The zero-order chi connectivity index (χ0) is 26.4. The van der Waals surface area contributed by atoms with E-state index in [4.69, 9.17) is 19.1 Å². The minimum atomic E-state index is -4.36. The van der Waals surface area contributed by atoms with Gasteiger partial charge in [0, 0.05) is 10.6 Å². The first-order valence-corrected chi connectivity index (χ1v) is 12.2. The molecule has 0 radical (unpaired) electrons. The Bertz CT molecular complexity index is 1140. The molecule has 3 aromatic rings. The third kappa shape index (κ3) is 10.0. The van der Waals surface area contributed by atoms with Crippen molar-refractivity contribution < 1.29 is 32.2 Å². The maximum Gasteiger partial charge on any atom is 0.416 e. The van der Waals surface area contributed by atoms with Crippen LogP contribution in [0, 0.1) is 6.92 Å². The van der Waals surface area contributed by atoms with Crippen molar-refractivity contribution in [2.24, 2.45) is 0 Å². The van der Waals surface area contributed by atoms with Gasteiger partial charge in [-0.1, -0.05) is 43.3 Å². The lowest BCUT2D eigenvalue weighted by atomic mass is 10.1. The van der Waals surface area contributed by atoms with E-state index in [-0.39, 0.29) is 12.8 Å². The van der Waals surface area contributed by atoms with E-state index in [1.54, 1.807) is 11.8 Å². The molecule has 0 aliphatic heterocycles. The van der Waals surface area contributed by atoms with Gasteiger partial charge in [-0.15, -0.1) is 11.8 Å². The summed E-state index contributed by atoms with van der Waals surface area (Å²) in [7, 11) is 0. The van der Waals surface area contributed by atoms with Crippen LogP contribution in [0.25, 0.3) is 6.08 Å². The first kappa shape index (κ1) is 28.8. The highest BCUT2D eigenvalue weighted by Gasteiger charge is 2.30. The van der Waals surface area contributed by atoms with Gasteiger partial charge in [0.15, 0.2) is 0 Å². The molecule has 0 saturated carbocycles. The summed E-state index contributed by atoms with van der Waals surface area (Å²) >= 11 is 1.68. The summed E-state index contributed by atoms with van der Waals surface area (Å²) in [4.78, 5) is 17.4. The number of carbonyl (C=O) groups excluding carboxylic acids is 2. The van der Waals surface area contributed by atoms with E-state index in [9.17, 15) is 13.2 Å². The number of aryl methyl sites for hydroxylation is 1. The molecule has 0 fully saturated rings. The second kappa shape index (κ2) is 14.8. The summed E-state index contributed by atoms with van der Waals surface area (Å²) in [5.74, 6) is 1.98. The molecule has 36 heavy (non-hydrogen) atoms. The zero-order valence-corrected chi connectivity index (χ0v) is 20.8. The Labute approximate surface area is 213 Å². The molecule has 0 aliphatic rings. The summed E-state index contributed by atoms with van der Waals surface area (Å²) in [5.41, 5.74) is 2.47. The molecule has 0 bridgehead atoms. The van der Waals surface area contributed by atoms with Gasteiger partial charge in [0.1, 0.15) is 18.1 Å². The number of hydrogen-bond acceptors (Lipinski definition) is 5. The minimum Gasteiger partial charge on any atom is -0.493 e. The van der Waals surface area contributed by atoms with Gasteiger partial charge in [-0.3, -0.25) is 0 Å². The molecular formula is C28H27F3O4S. The Balaban J connectivity index is 0.00000145. The fourth-order valence-electron chi connectivity index (χ4n) is 3.09. The van der Waals surface area contributed by atoms with Crippen molar-refractivity contribution in [2.75, 3.05) is 19.0 Å². The van der Waals surface area contributed by atoms with Gasteiger partial charge in [0.05, 0.1) is 12.2 Å². The maximum atomic E-state index is 12.8. The van der Waals surface area contributed by atoms with Crippen LogP contribution in [0.2, 0.25) is 0 Å². The number of thioether (sulfide) groups is 1. The van der Waals surface area contributed by atoms with Crippen LogP contribution >= 0.6 is 11.8 Å². The van der Waals surface area contributed by atoms with Crippen molar-refractivity contribution in [3.63, 3.8) is 0 Å². The number of halogens is 3. The number of alkyl halides is 3. The molecule has 0 heterocycles. The lowest BCUT2D eigenvalue weighted by molar-refractivity contribution is -0.191. The maximum absolute atomic E-state index is 12.8. The molecular weight excluding hydrogens is 489 g/mol. The fourth-order valence-corrected chi connectivity index (χ4v) is 4.03. The van der Waals surface area contributed by atoms with Gasteiger partial charge < -0.3 is 9.47 Å². The van der Waals surface area contributed by atoms with Crippen molar-refractivity contribution in [1.82, 2.24) is 0 Å². The smallest absolute Gasteiger partial charge is 0.416 e. The quantitative estimate of drug-likeness (QED) is 0.262. The largest absolute Gasteiger partial charge is 0.493 e. The first-order valence-electron chi connectivity index (χ1n) is 11.2. The summed E-state index contributed by atoms with van der Waals surface area (Å²) in [6, 6.07) is 20.8. The van der Waals surface area contributed by atoms with Crippen molar-refractivity contribution in [3.05, 3.63) is 95.1 Å². The summed E-state index contributed by atoms with van der Waals surface area (Å²) in [6.07, 6.45) is -1.09. The van der Waals surface area contributed by atoms with Crippen molar-refractivity contribution in [2.45, 2.75) is 31.3 Å². The van der Waals surface area contributed by atoms with E-state index < -0.39 is 11.7 Å². The summed E-state index contributed by atoms with van der Waals surface area (Å²) < 4.78 is 49.9. The van der Waals surface area contributed by atoms with Crippen LogP contribution < -0.4 is 9.47 Å². The second-order valence-corrected chi connectivity index (χ2v) is 8.72. The predicted octanol–water partition coefficient (Wildman–Crippen LogP) is 7.47. The topological polar surface area (TPSA) is 52.6 Å². The second-order valence-electron chi connectivity index (χ2n) is 7.67. The first-order chi connectivity index (χ1) is 17.3. The number of ether oxygens (including phenoxy) is 2. The number of rotatable bonds is 10. The van der Waals surface area contributed by atoms with Crippen molar-refractivity contribution in [3.8, 4) is 11.5 Å². The molecule has 190 valence electrons. The van der Waals surface area contributed by atoms with E-state index in [1.807, 2.05) is 49.4 Å². The van der Waals surface area contributed by atoms with Crippen LogP contribution in [0.3, 0.4) is 0 Å². The third-order valence-corrected chi connectivity index (χ3v) is 5.91. The highest BCUT2D eigenvalue weighted by Crippen LogP contribution is 2.31. The normalized spacial score (nSPS) is 11.2. The zero-order valence-electron chi connectivity index (χ0n) is 20.0. The highest BCUT2D eigenvalue weighted by atomic mass is 32.2. The standard InChI is InChI=1S/C27H27F3O2S.CO2/c1-3-15-31-26-14-13-25(16-20(26)2)33-19-22(17-21-7-5-4-6-8-21)18-32-24-11-9-23(10-12-24)27(28,29)30;2-1-3/h4-14,16-17H,3,15,18-19H2,1-2H3;. The molecule has 0 N–H and O–H groups in total. The van der Waals surface area contributed by atoms with Crippen LogP contribution in [0.4, 0.5) is 13.2 Å². The Hall–Kier alpha value is -3.48. The monoisotopic (exact) mass is 516 g/mol. The number of hydrogen-bond donors (Lipinski definition) is 0. The molecule has 4 nitrogen and oxygen atoms in total. The summed E-state index contributed by atoms with van der Waals surface area (Å²) in [6.45, 7) is 5.08. The molecule has 0 unspecified atom stereocenters. The third-order valence-electron chi connectivity index (χ3n) is 4.81. The van der Waals surface area contributed by atoms with E-state index >= 15 is 0 Å². The molecule has 0 amide bonds. The van der Waals surface area contributed by atoms with Crippen LogP contribution in [0.5, 0.6) is 11.5 Å². The molecule has 0 aromatic heterocycles. The molecule has 8 heteroatoms. The fraction of sp³-hybridized carbons (Fsp3) is 0.250. The number of benzene rings is 3. The molecule has 0 spiro atoms. The van der Waals surface area contributed by atoms with Gasteiger partial charge in [-0.2, -0.15) is 22.8 Å². The van der Waals surface area contributed by atoms with E-state index in [1.165, 1.54) is 12.1 Å². The Morgan fingerprint density at radius 1 is 0.972 bits per heavy atom. The Kier molecular flexibility index (Phi) is 11.8. The molecule has 0 atom stereocenters. The highest BCUT2D eigenvalue weighted by molar-refractivity contribution is 7.99. The van der Waals surface area contributed by atoms with Gasteiger partial charge >= 0.3 is 12.3 Å². The Morgan fingerprint density at radius 2 is 1.64 bits per heavy atom. The van der Waals surface area contributed by atoms with Gasteiger partial charge in [0.2, 0.25) is 0 Å². The van der Waals surface area contributed by atoms with Crippen LogP contribution in [-0.2, 0) is 15.8 Å². The van der Waals surface area contributed by atoms with Gasteiger partial charge in [-0.05, 0) is 72.5 Å². The molecule has 0 saturated heterocycles. The summed E-state index contributed by atoms with van der Waals surface area (Å²) in [5, 5.41) is 0. The van der Waals surface area contributed by atoms with E-state index in [2.05, 4.69) is 19.1 Å². The van der Waals surface area contributed by atoms with Crippen molar-refractivity contribution in [1.29, 1.82) is 0 Å². The Morgan fingerprint density at radius 3 is 2.22 bits per heavy atom.